The molecular formula is C12H6F5NO3. The third-order valence-electron chi connectivity index (χ3n) is 2.58. The number of carboxylic acids is 1. The van der Waals surface area contributed by atoms with Gasteiger partial charge in [-0.1, -0.05) is 0 Å². The van der Waals surface area contributed by atoms with Gasteiger partial charge in [0.25, 0.3) is 0 Å². The molecule has 0 saturated heterocycles. The van der Waals surface area contributed by atoms with E-state index in [4.69, 9.17) is 5.11 Å². The fourth-order valence-electron chi connectivity index (χ4n) is 1.82. The Morgan fingerprint density at radius 3 is 2.48 bits per heavy atom. The average Bonchev–Trinajstić information content (AvgIpc) is 2.34. The van der Waals surface area contributed by atoms with Gasteiger partial charge in [0.1, 0.15) is 5.75 Å². The van der Waals surface area contributed by atoms with Crippen LogP contribution in [0.2, 0.25) is 0 Å². The van der Waals surface area contributed by atoms with E-state index >= 15 is 0 Å². The molecule has 0 bridgehead atoms. The Morgan fingerprint density at radius 2 is 1.95 bits per heavy atom. The molecule has 0 spiro atoms. The van der Waals surface area contributed by atoms with Crippen LogP contribution in [0.3, 0.4) is 0 Å². The quantitative estimate of drug-likeness (QED) is 0.881. The fraction of sp³-hybridized carbons (Fsp3) is 0.167. The van der Waals surface area contributed by atoms with Gasteiger partial charge in [0.05, 0.1) is 16.6 Å². The molecule has 1 aromatic carbocycles. The third kappa shape index (κ3) is 3.01. The molecule has 0 aliphatic heterocycles. The number of hydrogen-bond donors (Lipinski definition) is 1. The van der Waals surface area contributed by atoms with Crippen LogP contribution in [0.25, 0.3) is 10.9 Å². The minimum absolute atomic E-state index is 0.186. The van der Waals surface area contributed by atoms with Crippen LogP contribution in [0.5, 0.6) is 5.75 Å². The van der Waals surface area contributed by atoms with Gasteiger partial charge in [0.15, 0.2) is 0 Å². The highest BCUT2D eigenvalue weighted by molar-refractivity contribution is 5.96. The summed E-state index contributed by atoms with van der Waals surface area (Å²) in [6, 6.07) is 2.74. The number of nitrogens with zero attached hydrogens (tertiary/aromatic N) is 1. The van der Waals surface area contributed by atoms with Crippen LogP contribution in [0.1, 0.15) is 15.9 Å². The Kier molecular flexibility index (Phi) is 3.67. The first kappa shape index (κ1) is 14.9. The molecule has 0 radical (unpaired) electrons. The number of carbonyl (C=O) groups is 1. The average molecular weight is 307 g/mol. The molecule has 0 amide bonds. The van der Waals surface area contributed by atoms with E-state index in [1.807, 2.05) is 0 Å². The topological polar surface area (TPSA) is 59.4 Å². The van der Waals surface area contributed by atoms with Gasteiger partial charge in [-0.2, -0.15) is 22.0 Å². The molecule has 0 fully saturated rings. The molecule has 0 aliphatic carbocycles. The highest BCUT2D eigenvalue weighted by atomic mass is 19.4. The summed E-state index contributed by atoms with van der Waals surface area (Å²) in [6.07, 6.45) is -4.42. The number of hydrogen-bond acceptors (Lipinski definition) is 3. The predicted molar refractivity (Wildman–Crippen MR) is 60.3 cm³/mol. The molecule has 2 rings (SSSR count). The lowest BCUT2D eigenvalue weighted by atomic mass is 10.0. The van der Waals surface area contributed by atoms with E-state index in [1.54, 1.807) is 0 Å². The van der Waals surface area contributed by atoms with Crippen LogP contribution < -0.4 is 4.74 Å². The number of fused-ring (bicyclic) bond motifs is 1. The smallest absolute Gasteiger partial charge is 0.417 e. The van der Waals surface area contributed by atoms with Crippen LogP contribution in [-0.2, 0) is 6.18 Å². The van der Waals surface area contributed by atoms with Crippen LogP contribution in [0.15, 0.2) is 24.4 Å². The van der Waals surface area contributed by atoms with Crippen molar-refractivity contribution in [2.45, 2.75) is 12.8 Å². The number of carboxylic acid groups (broad SMARTS) is 1. The highest BCUT2D eigenvalue weighted by Crippen LogP contribution is 2.38. The summed E-state index contributed by atoms with van der Waals surface area (Å²) in [6.45, 7) is -3.22. The van der Waals surface area contributed by atoms with Gasteiger partial charge in [0, 0.05) is 11.6 Å². The summed E-state index contributed by atoms with van der Waals surface area (Å²) in [7, 11) is 0. The number of pyridine rings is 1. The zero-order valence-electron chi connectivity index (χ0n) is 9.99. The van der Waals surface area contributed by atoms with Gasteiger partial charge >= 0.3 is 18.8 Å². The Hall–Kier alpha value is -2.45. The van der Waals surface area contributed by atoms with Crippen molar-refractivity contribution in [2.75, 3.05) is 0 Å². The first-order chi connectivity index (χ1) is 9.70. The molecule has 9 heteroatoms. The summed E-state index contributed by atoms with van der Waals surface area (Å²) >= 11 is 0. The van der Waals surface area contributed by atoms with Crippen LogP contribution in [-0.4, -0.2) is 22.7 Å². The van der Waals surface area contributed by atoms with Crippen LogP contribution in [0, 0.1) is 0 Å². The van der Waals surface area contributed by atoms with Crippen LogP contribution >= 0.6 is 0 Å². The molecule has 1 N–H and O–H groups in total. The Morgan fingerprint density at radius 1 is 1.29 bits per heavy atom. The summed E-state index contributed by atoms with van der Waals surface area (Å²) in [5.41, 5.74) is -2.71. The van der Waals surface area contributed by atoms with Crippen molar-refractivity contribution in [3.05, 3.63) is 35.5 Å². The van der Waals surface area contributed by atoms with E-state index in [0.717, 1.165) is 12.1 Å². The summed E-state index contributed by atoms with van der Waals surface area (Å²) in [5, 5.41) is 8.19. The molecule has 0 saturated carbocycles. The van der Waals surface area contributed by atoms with Gasteiger partial charge < -0.3 is 9.84 Å². The SMILES string of the molecule is O=C(O)c1cnc2ccc(OC(F)F)cc2c1C(F)(F)F. The predicted octanol–water partition coefficient (Wildman–Crippen LogP) is 3.55. The molecule has 4 nitrogen and oxygen atoms in total. The molecule has 1 aromatic heterocycles. The van der Waals surface area contributed by atoms with Gasteiger partial charge in [-0.3, -0.25) is 4.98 Å². The largest absolute Gasteiger partial charge is 0.478 e. The first-order valence-corrected chi connectivity index (χ1v) is 5.38. The van der Waals surface area contributed by atoms with Gasteiger partial charge in [-0.05, 0) is 18.2 Å². The van der Waals surface area contributed by atoms with E-state index < -0.39 is 41.0 Å². The Balaban J connectivity index is 2.76. The first-order valence-electron chi connectivity index (χ1n) is 5.38. The summed E-state index contributed by atoms with van der Waals surface area (Å²) < 4.78 is 67.4. The van der Waals surface area contributed by atoms with Crippen molar-refractivity contribution in [3.63, 3.8) is 0 Å². The molecule has 0 unspecified atom stereocenters. The molecule has 0 atom stereocenters. The Labute approximate surface area is 113 Å². The lowest BCUT2D eigenvalue weighted by molar-refractivity contribution is -0.136. The zero-order valence-corrected chi connectivity index (χ0v) is 9.99. The van der Waals surface area contributed by atoms with Crippen LogP contribution in [0.4, 0.5) is 22.0 Å². The van der Waals surface area contributed by atoms with E-state index in [0.29, 0.717) is 12.3 Å². The van der Waals surface area contributed by atoms with E-state index in [-0.39, 0.29) is 5.52 Å². The molecule has 0 aliphatic rings. The number of halogens is 5. The lowest BCUT2D eigenvalue weighted by Crippen LogP contribution is -2.14. The van der Waals surface area contributed by atoms with Crippen molar-refractivity contribution in [1.29, 1.82) is 0 Å². The van der Waals surface area contributed by atoms with E-state index in [1.165, 1.54) is 0 Å². The Bertz CT molecular complexity index is 699. The maximum absolute atomic E-state index is 13.1. The second-order valence-electron chi connectivity index (χ2n) is 3.91. The normalized spacial score (nSPS) is 11.9. The summed E-state index contributed by atoms with van der Waals surface area (Å²) in [5.74, 6) is -2.34. The summed E-state index contributed by atoms with van der Waals surface area (Å²) in [4.78, 5) is 14.5. The zero-order chi connectivity index (χ0) is 15.8. The lowest BCUT2D eigenvalue weighted by Gasteiger charge is -2.14. The number of rotatable bonds is 3. The minimum Gasteiger partial charge on any atom is -0.478 e. The van der Waals surface area contributed by atoms with Crippen molar-refractivity contribution in [3.8, 4) is 5.75 Å². The monoisotopic (exact) mass is 307 g/mol. The molecular weight excluding hydrogens is 301 g/mol. The number of alkyl halides is 5. The van der Waals surface area contributed by atoms with Gasteiger partial charge in [-0.15, -0.1) is 0 Å². The van der Waals surface area contributed by atoms with Crippen molar-refractivity contribution >= 4 is 16.9 Å². The standard InChI is InChI=1S/C12H6F5NO3/c13-11(14)21-5-1-2-8-6(3-5)9(12(15,16)17)7(4-18-8)10(19)20/h1-4,11H,(H,19,20). The van der Waals surface area contributed by atoms with E-state index in [9.17, 15) is 26.7 Å². The van der Waals surface area contributed by atoms with Crippen molar-refractivity contribution in [1.82, 2.24) is 4.98 Å². The number of ether oxygens (including phenoxy) is 1. The highest BCUT2D eigenvalue weighted by Gasteiger charge is 2.38. The maximum atomic E-state index is 13.1. The minimum atomic E-state index is -4.99. The van der Waals surface area contributed by atoms with Crippen molar-refractivity contribution in [2.24, 2.45) is 0 Å². The second-order valence-corrected chi connectivity index (χ2v) is 3.91. The molecule has 2 aromatic rings. The molecule has 112 valence electrons. The number of aromatic carboxylic acids is 1. The van der Waals surface area contributed by atoms with Gasteiger partial charge in [-0.25, -0.2) is 4.79 Å². The number of aromatic nitrogens is 1. The number of benzene rings is 1. The molecule has 21 heavy (non-hydrogen) atoms. The third-order valence-corrected chi connectivity index (χ3v) is 2.58. The second kappa shape index (κ2) is 5.15. The maximum Gasteiger partial charge on any atom is 0.417 e. The van der Waals surface area contributed by atoms with Crippen molar-refractivity contribution < 1.29 is 36.6 Å². The fourth-order valence-corrected chi connectivity index (χ4v) is 1.82. The van der Waals surface area contributed by atoms with E-state index in [2.05, 4.69) is 9.72 Å². The molecule has 1 heterocycles. The van der Waals surface area contributed by atoms with Gasteiger partial charge in [0.2, 0.25) is 0 Å².